The Bertz CT molecular complexity index is 499. The van der Waals surface area contributed by atoms with Gasteiger partial charge in [-0.3, -0.25) is 9.79 Å². The molecule has 1 aromatic rings. The number of carboxylic acid groups (broad SMARTS) is 1. The fourth-order valence-corrected chi connectivity index (χ4v) is 1.89. The first-order valence-electron chi connectivity index (χ1n) is 5.60. The largest absolute Gasteiger partial charge is 0.504 e. The molecule has 2 rings (SSSR count). The number of nitrogens with zero attached hydrogens (tertiary/aromatic N) is 2. The fourth-order valence-electron chi connectivity index (χ4n) is 1.89. The third kappa shape index (κ3) is 2.53. The second-order valence-electron chi connectivity index (χ2n) is 4.11. The molecule has 1 aliphatic rings. The highest BCUT2D eigenvalue weighted by Crippen LogP contribution is 2.34. The van der Waals surface area contributed by atoms with Gasteiger partial charge in [0.05, 0.1) is 5.69 Å². The third-order valence-corrected chi connectivity index (χ3v) is 2.77. The van der Waals surface area contributed by atoms with Gasteiger partial charge >= 0.3 is 5.97 Å². The second-order valence-corrected chi connectivity index (χ2v) is 4.11. The zero-order valence-electron chi connectivity index (χ0n) is 9.70. The number of hydrogen-bond donors (Lipinski definition) is 3. The Morgan fingerprint density at radius 3 is 2.78 bits per heavy atom. The van der Waals surface area contributed by atoms with Gasteiger partial charge in [0.2, 0.25) is 0 Å². The molecule has 0 aliphatic carbocycles. The minimum absolute atomic E-state index is 0.0968. The van der Waals surface area contributed by atoms with E-state index in [2.05, 4.69) is 4.99 Å². The number of aliphatic carboxylic acids is 1. The average molecular weight is 250 g/mol. The van der Waals surface area contributed by atoms with Crippen molar-refractivity contribution in [1.29, 1.82) is 0 Å². The summed E-state index contributed by atoms with van der Waals surface area (Å²) in [5.74, 6) is -1.20. The van der Waals surface area contributed by atoms with Gasteiger partial charge in [-0.25, -0.2) is 0 Å². The molecule has 96 valence electrons. The molecule has 18 heavy (non-hydrogen) atoms. The highest BCUT2D eigenvalue weighted by Gasteiger charge is 2.16. The average Bonchev–Trinajstić information content (AvgIpc) is 2.31. The molecule has 0 spiro atoms. The number of carbonyl (C=O) groups is 1. The number of benzene rings is 1. The molecule has 0 saturated carbocycles. The molecule has 1 aromatic carbocycles. The molecule has 0 fully saturated rings. The van der Waals surface area contributed by atoms with E-state index in [1.165, 1.54) is 12.1 Å². The monoisotopic (exact) mass is 250 g/mol. The van der Waals surface area contributed by atoms with Crippen LogP contribution in [0.2, 0.25) is 0 Å². The van der Waals surface area contributed by atoms with Crippen LogP contribution >= 0.6 is 0 Å². The van der Waals surface area contributed by atoms with E-state index in [1.807, 2.05) is 4.90 Å². The van der Waals surface area contributed by atoms with Gasteiger partial charge in [-0.05, 0) is 12.5 Å². The van der Waals surface area contributed by atoms with Crippen molar-refractivity contribution in [3.63, 3.8) is 0 Å². The van der Waals surface area contributed by atoms with Gasteiger partial charge in [0, 0.05) is 30.8 Å². The number of aromatic hydroxyl groups is 2. The molecule has 0 radical (unpaired) electrons. The lowest BCUT2D eigenvalue weighted by molar-refractivity contribution is -0.137. The standard InChI is InChI=1S/C12H14N2O4/c15-10-4-8-6-13-7-14(3-1-2-12(17)18)9(8)5-11(10)16/h4-6,15-16H,1-3,7H2,(H,17,18). The summed E-state index contributed by atoms with van der Waals surface area (Å²) in [4.78, 5) is 16.5. The molecule has 0 saturated heterocycles. The Morgan fingerprint density at radius 1 is 1.33 bits per heavy atom. The van der Waals surface area contributed by atoms with Crippen LogP contribution in [0.25, 0.3) is 0 Å². The summed E-state index contributed by atoms with van der Waals surface area (Å²) < 4.78 is 0. The van der Waals surface area contributed by atoms with Gasteiger partial charge in [-0.15, -0.1) is 0 Å². The summed E-state index contributed by atoms with van der Waals surface area (Å²) in [5.41, 5.74) is 1.47. The lowest BCUT2D eigenvalue weighted by Gasteiger charge is -2.27. The number of fused-ring (bicyclic) bond motifs is 1. The van der Waals surface area contributed by atoms with E-state index >= 15 is 0 Å². The van der Waals surface area contributed by atoms with Crippen LogP contribution in [0.3, 0.4) is 0 Å². The van der Waals surface area contributed by atoms with E-state index in [4.69, 9.17) is 5.11 Å². The van der Waals surface area contributed by atoms with Crippen LogP contribution in [0.4, 0.5) is 5.69 Å². The molecule has 6 heteroatoms. The molecule has 0 amide bonds. The Labute approximate surface area is 104 Å². The number of aliphatic imine (C=N–C) groups is 1. The molecule has 1 heterocycles. The number of rotatable bonds is 4. The Kier molecular flexibility index (Phi) is 3.36. The lowest BCUT2D eigenvalue weighted by atomic mass is 10.1. The minimum atomic E-state index is -0.829. The summed E-state index contributed by atoms with van der Waals surface area (Å²) in [5, 5.41) is 27.5. The van der Waals surface area contributed by atoms with Crippen LogP contribution in [0.1, 0.15) is 18.4 Å². The summed E-state index contributed by atoms with van der Waals surface area (Å²) in [6, 6.07) is 2.91. The Morgan fingerprint density at radius 2 is 2.06 bits per heavy atom. The van der Waals surface area contributed by atoms with Gasteiger partial charge in [-0.2, -0.15) is 0 Å². The predicted octanol–water partition coefficient (Wildman–Crippen LogP) is 1.16. The van der Waals surface area contributed by atoms with E-state index < -0.39 is 5.97 Å². The van der Waals surface area contributed by atoms with Gasteiger partial charge in [-0.1, -0.05) is 0 Å². The molecule has 0 atom stereocenters. The van der Waals surface area contributed by atoms with Crippen molar-refractivity contribution in [1.82, 2.24) is 0 Å². The number of anilines is 1. The highest BCUT2D eigenvalue weighted by atomic mass is 16.4. The maximum Gasteiger partial charge on any atom is 0.303 e. The second kappa shape index (κ2) is 4.95. The van der Waals surface area contributed by atoms with Crippen LogP contribution < -0.4 is 4.90 Å². The van der Waals surface area contributed by atoms with Gasteiger partial charge in [0.15, 0.2) is 11.5 Å². The smallest absolute Gasteiger partial charge is 0.303 e. The van der Waals surface area contributed by atoms with Crippen LogP contribution in [0.15, 0.2) is 17.1 Å². The van der Waals surface area contributed by atoms with Crippen molar-refractivity contribution in [2.45, 2.75) is 12.8 Å². The lowest BCUT2D eigenvalue weighted by Crippen LogP contribution is -2.28. The predicted molar refractivity (Wildman–Crippen MR) is 66.4 cm³/mol. The fraction of sp³-hybridized carbons (Fsp3) is 0.333. The topological polar surface area (TPSA) is 93.4 Å². The van der Waals surface area contributed by atoms with E-state index in [-0.39, 0.29) is 17.9 Å². The third-order valence-electron chi connectivity index (χ3n) is 2.77. The van der Waals surface area contributed by atoms with Crippen molar-refractivity contribution in [2.75, 3.05) is 18.1 Å². The highest BCUT2D eigenvalue weighted by molar-refractivity contribution is 5.91. The summed E-state index contributed by atoms with van der Waals surface area (Å²) in [7, 11) is 0. The van der Waals surface area contributed by atoms with Crippen LogP contribution in [0.5, 0.6) is 11.5 Å². The van der Waals surface area contributed by atoms with E-state index in [1.54, 1.807) is 6.21 Å². The van der Waals surface area contributed by atoms with E-state index in [0.29, 0.717) is 25.2 Å². The Hall–Kier alpha value is -2.24. The van der Waals surface area contributed by atoms with Crippen LogP contribution in [-0.2, 0) is 4.79 Å². The van der Waals surface area contributed by atoms with Gasteiger partial charge < -0.3 is 20.2 Å². The quantitative estimate of drug-likeness (QED) is 0.697. The molecule has 1 aliphatic heterocycles. The van der Waals surface area contributed by atoms with E-state index in [9.17, 15) is 15.0 Å². The van der Waals surface area contributed by atoms with Crippen LogP contribution in [-0.4, -0.2) is 40.7 Å². The number of phenols is 2. The van der Waals surface area contributed by atoms with Crippen molar-refractivity contribution in [3.8, 4) is 11.5 Å². The first-order chi connectivity index (χ1) is 8.58. The molecular weight excluding hydrogens is 236 g/mol. The maximum absolute atomic E-state index is 10.5. The summed E-state index contributed by atoms with van der Waals surface area (Å²) >= 11 is 0. The van der Waals surface area contributed by atoms with Crippen LogP contribution in [0, 0.1) is 0 Å². The molecule has 0 unspecified atom stereocenters. The van der Waals surface area contributed by atoms with Crippen molar-refractivity contribution in [2.24, 2.45) is 4.99 Å². The number of hydrogen-bond acceptors (Lipinski definition) is 5. The zero-order chi connectivity index (χ0) is 13.1. The van der Waals surface area contributed by atoms with Gasteiger partial charge in [0.25, 0.3) is 0 Å². The summed E-state index contributed by atoms with van der Waals surface area (Å²) in [6.07, 6.45) is 2.23. The maximum atomic E-state index is 10.5. The SMILES string of the molecule is O=C(O)CCCN1CN=Cc2cc(O)c(O)cc21. The van der Waals surface area contributed by atoms with Gasteiger partial charge in [0.1, 0.15) is 6.67 Å². The first kappa shape index (κ1) is 12.2. The molecular formula is C12H14N2O4. The minimum Gasteiger partial charge on any atom is -0.504 e. The first-order valence-corrected chi connectivity index (χ1v) is 5.60. The molecule has 6 nitrogen and oxygen atoms in total. The summed E-state index contributed by atoms with van der Waals surface area (Å²) in [6.45, 7) is 0.970. The Balaban J connectivity index is 2.15. The van der Waals surface area contributed by atoms with Crippen molar-refractivity contribution < 1.29 is 20.1 Å². The van der Waals surface area contributed by atoms with Crippen molar-refractivity contribution in [3.05, 3.63) is 17.7 Å². The van der Waals surface area contributed by atoms with Crippen molar-refractivity contribution >= 4 is 17.9 Å². The number of carboxylic acids is 1. The molecule has 0 bridgehead atoms. The van der Waals surface area contributed by atoms with E-state index in [0.717, 1.165) is 5.69 Å². The normalized spacial score (nSPS) is 13.4. The molecule has 0 aromatic heterocycles. The zero-order valence-corrected chi connectivity index (χ0v) is 9.70. The number of phenolic OH excluding ortho intramolecular Hbond substituents is 2. The molecule has 3 N–H and O–H groups in total.